The minimum Gasteiger partial charge on any atom is -0.387 e. The normalized spacial score (nSPS) is 11.5. The Bertz CT molecular complexity index is 496. The summed E-state index contributed by atoms with van der Waals surface area (Å²) in [5, 5.41) is 8.15. The van der Waals surface area contributed by atoms with Crippen LogP contribution in [0.2, 0.25) is 0 Å². The molecule has 0 radical (unpaired) electrons. The van der Waals surface area contributed by atoms with Gasteiger partial charge in [0.2, 0.25) is 0 Å². The molecule has 106 valence electrons. The Morgan fingerprint density at radius 3 is 2.84 bits per heavy atom. The lowest BCUT2D eigenvalue weighted by Gasteiger charge is -2.22. The summed E-state index contributed by atoms with van der Waals surface area (Å²) in [6.45, 7) is 5.95. The molecule has 0 saturated heterocycles. The molecule has 1 aromatic rings. The first kappa shape index (κ1) is 15.8. The van der Waals surface area contributed by atoms with Crippen molar-refractivity contribution in [3.05, 3.63) is 22.1 Å². The molecule has 1 heterocycles. The van der Waals surface area contributed by atoms with Gasteiger partial charge in [-0.15, -0.1) is 0 Å². The highest BCUT2D eigenvalue weighted by atomic mass is 32.2. The maximum atomic E-state index is 11.5. The lowest BCUT2D eigenvalue weighted by Crippen LogP contribution is -2.31. The van der Waals surface area contributed by atoms with Crippen LogP contribution in [0.1, 0.15) is 39.3 Å². The van der Waals surface area contributed by atoms with E-state index < -0.39 is 0 Å². The number of nitrogens with two attached hydrogens (primary N) is 1. The predicted octanol–water partition coefficient (Wildman–Crippen LogP) is 2.17. The molecule has 0 aliphatic heterocycles. The molecular formula is C13H22N4OS. The Labute approximate surface area is 117 Å². The van der Waals surface area contributed by atoms with Gasteiger partial charge in [0.15, 0.2) is 5.16 Å². The monoisotopic (exact) mass is 282 g/mol. The number of aromatic nitrogens is 2. The molecule has 1 aromatic heterocycles. The molecule has 0 amide bonds. The van der Waals surface area contributed by atoms with Crippen LogP contribution in [0.5, 0.6) is 0 Å². The number of hydrogen-bond acceptors (Lipinski definition) is 4. The van der Waals surface area contributed by atoms with Crippen molar-refractivity contribution in [1.29, 1.82) is 5.41 Å². The van der Waals surface area contributed by atoms with Gasteiger partial charge in [0.1, 0.15) is 0 Å². The van der Waals surface area contributed by atoms with Gasteiger partial charge in [-0.2, -0.15) is 0 Å². The number of amidine groups is 1. The summed E-state index contributed by atoms with van der Waals surface area (Å²) in [5.74, 6) is 0.958. The zero-order valence-electron chi connectivity index (χ0n) is 11.7. The molecule has 0 atom stereocenters. The van der Waals surface area contributed by atoms with Gasteiger partial charge in [0.25, 0.3) is 5.56 Å². The van der Waals surface area contributed by atoms with Gasteiger partial charge >= 0.3 is 0 Å². The number of aromatic amines is 1. The van der Waals surface area contributed by atoms with Crippen molar-refractivity contribution in [3.63, 3.8) is 0 Å². The summed E-state index contributed by atoms with van der Waals surface area (Å²) in [6.07, 6.45) is 2.56. The molecule has 0 bridgehead atoms. The molecule has 19 heavy (non-hydrogen) atoms. The Morgan fingerprint density at radius 2 is 2.26 bits per heavy atom. The standard InChI is InChI=1S/C13H22N4OS/c1-4-5-9-8-10(18)17-12(16-9)19-7-6-13(2,3)11(14)15/h8H,4-7H2,1-3H3,(H3,14,15)(H,16,17,18). The lowest BCUT2D eigenvalue weighted by molar-refractivity contribution is 0.500. The number of H-pyrrole nitrogens is 1. The van der Waals surface area contributed by atoms with E-state index in [4.69, 9.17) is 11.1 Å². The van der Waals surface area contributed by atoms with E-state index in [0.29, 0.717) is 5.16 Å². The zero-order valence-corrected chi connectivity index (χ0v) is 12.6. The van der Waals surface area contributed by atoms with Crippen LogP contribution in [-0.2, 0) is 6.42 Å². The Hall–Kier alpha value is -1.30. The van der Waals surface area contributed by atoms with Gasteiger partial charge in [0, 0.05) is 22.9 Å². The fourth-order valence-electron chi connectivity index (χ4n) is 1.47. The first-order valence-corrected chi connectivity index (χ1v) is 7.41. The molecule has 0 unspecified atom stereocenters. The summed E-state index contributed by atoms with van der Waals surface area (Å²) in [6, 6.07) is 1.55. The third-order valence-electron chi connectivity index (χ3n) is 2.97. The van der Waals surface area contributed by atoms with Crippen LogP contribution in [0.3, 0.4) is 0 Å². The van der Waals surface area contributed by atoms with Crippen molar-refractivity contribution in [2.75, 3.05) is 5.75 Å². The lowest BCUT2D eigenvalue weighted by atomic mass is 9.89. The molecule has 0 fully saturated rings. The number of thioether (sulfide) groups is 1. The Morgan fingerprint density at radius 1 is 1.58 bits per heavy atom. The maximum Gasteiger partial charge on any atom is 0.251 e. The molecule has 0 aliphatic rings. The number of aryl methyl sites for hydroxylation is 1. The second-order valence-corrected chi connectivity index (χ2v) is 6.27. The van der Waals surface area contributed by atoms with Gasteiger partial charge in [-0.3, -0.25) is 10.2 Å². The highest BCUT2D eigenvalue weighted by Crippen LogP contribution is 2.24. The molecule has 6 heteroatoms. The first-order valence-electron chi connectivity index (χ1n) is 6.42. The minimum absolute atomic E-state index is 0.105. The van der Waals surface area contributed by atoms with E-state index in [1.54, 1.807) is 6.07 Å². The van der Waals surface area contributed by atoms with Crippen molar-refractivity contribution in [2.24, 2.45) is 11.1 Å². The van der Waals surface area contributed by atoms with Gasteiger partial charge in [-0.25, -0.2) is 4.98 Å². The van der Waals surface area contributed by atoms with E-state index in [9.17, 15) is 4.79 Å². The van der Waals surface area contributed by atoms with Gasteiger partial charge in [-0.05, 0) is 12.8 Å². The van der Waals surface area contributed by atoms with Crippen LogP contribution in [0.15, 0.2) is 16.0 Å². The Kier molecular flexibility index (Phi) is 5.60. The van der Waals surface area contributed by atoms with Gasteiger partial charge < -0.3 is 10.7 Å². The van der Waals surface area contributed by atoms with E-state index in [1.165, 1.54) is 11.8 Å². The van der Waals surface area contributed by atoms with E-state index in [0.717, 1.165) is 30.7 Å². The van der Waals surface area contributed by atoms with E-state index in [2.05, 4.69) is 16.9 Å². The molecule has 0 aromatic carbocycles. The third kappa shape index (κ3) is 5.06. The highest BCUT2D eigenvalue weighted by Gasteiger charge is 2.21. The topological polar surface area (TPSA) is 95.6 Å². The first-order chi connectivity index (χ1) is 8.85. The van der Waals surface area contributed by atoms with Crippen molar-refractivity contribution >= 4 is 17.6 Å². The fourth-order valence-corrected chi connectivity index (χ4v) is 2.63. The average Bonchev–Trinajstić information content (AvgIpc) is 2.28. The number of nitrogens with zero attached hydrogens (tertiary/aromatic N) is 1. The van der Waals surface area contributed by atoms with Crippen LogP contribution in [0.4, 0.5) is 0 Å². The Balaban J connectivity index is 2.63. The molecule has 0 saturated carbocycles. The van der Waals surface area contributed by atoms with E-state index in [-0.39, 0.29) is 16.8 Å². The summed E-state index contributed by atoms with van der Waals surface area (Å²) < 4.78 is 0. The second kappa shape index (κ2) is 6.75. The van der Waals surface area contributed by atoms with Crippen LogP contribution in [-0.4, -0.2) is 21.6 Å². The largest absolute Gasteiger partial charge is 0.387 e. The number of nitrogens with one attached hydrogen (secondary N) is 2. The average molecular weight is 282 g/mol. The number of hydrogen-bond donors (Lipinski definition) is 3. The van der Waals surface area contributed by atoms with Gasteiger partial charge in [-0.1, -0.05) is 39.0 Å². The molecule has 0 spiro atoms. The van der Waals surface area contributed by atoms with Gasteiger partial charge in [0.05, 0.1) is 5.84 Å². The van der Waals surface area contributed by atoms with Crippen molar-refractivity contribution in [2.45, 2.75) is 45.2 Å². The summed E-state index contributed by atoms with van der Waals surface area (Å²) >= 11 is 1.50. The van der Waals surface area contributed by atoms with Crippen LogP contribution in [0.25, 0.3) is 0 Å². The SMILES string of the molecule is CCCc1cc(=O)[nH]c(SCCC(C)(C)C(=N)N)n1. The van der Waals surface area contributed by atoms with Crippen molar-refractivity contribution in [1.82, 2.24) is 9.97 Å². The van der Waals surface area contributed by atoms with Crippen molar-refractivity contribution in [3.8, 4) is 0 Å². The van der Waals surface area contributed by atoms with Crippen LogP contribution < -0.4 is 11.3 Å². The molecule has 5 nitrogen and oxygen atoms in total. The number of rotatable bonds is 7. The fraction of sp³-hybridized carbons (Fsp3) is 0.615. The zero-order chi connectivity index (χ0) is 14.5. The second-order valence-electron chi connectivity index (χ2n) is 5.19. The molecule has 0 aliphatic carbocycles. The van der Waals surface area contributed by atoms with E-state index >= 15 is 0 Å². The summed E-state index contributed by atoms with van der Waals surface area (Å²) in [5.41, 5.74) is 5.95. The molecule has 1 rings (SSSR count). The van der Waals surface area contributed by atoms with Crippen LogP contribution in [0, 0.1) is 10.8 Å². The quantitative estimate of drug-likeness (QED) is 0.309. The van der Waals surface area contributed by atoms with Crippen LogP contribution >= 0.6 is 11.8 Å². The maximum absolute atomic E-state index is 11.5. The summed E-state index contributed by atoms with van der Waals surface area (Å²) in [4.78, 5) is 18.6. The third-order valence-corrected chi connectivity index (χ3v) is 3.85. The summed E-state index contributed by atoms with van der Waals surface area (Å²) in [7, 11) is 0. The highest BCUT2D eigenvalue weighted by molar-refractivity contribution is 7.99. The molecular weight excluding hydrogens is 260 g/mol. The van der Waals surface area contributed by atoms with Crippen molar-refractivity contribution < 1.29 is 0 Å². The van der Waals surface area contributed by atoms with E-state index in [1.807, 2.05) is 13.8 Å². The predicted molar refractivity (Wildman–Crippen MR) is 79.9 cm³/mol. The minimum atomic E-state index is -0.311. The smallest absolute Gasteiger partial charge is 0.251 e. The molecule has 4 N–H and O–H groups in total.